The van der Waals surface area contributed by atoms with E-state index in [9.17, 15) is 4.79 Å². The van der Waals surface area contributed by atoms with Gasteiger partial charge < -0.3 is 10.1 Å². The van der Waals surface area contributed by atoms with Crippen molar-refractivity contribution in [2.24, 2.45) is 0 Å². The number of carbonyl (C=O) groups is 1. The van der Waals surface area contributed by atoms with Gasteiger partial charge in [0.25, 0.3) is 0 Å². The predicted octanol–water partition coefficient (Wildman–Crippen LogP) is 3.23. The minimum absolute atomic E-state index is 0.297. The van der Waals surface area contributed by atoms with E-state index in [0.717, 1.165) is 13.6 Å². The number of benzene rings is 1. The van der Waals surface area contributed by atoms with Gasteiger partial charge in [-0.25, -0.2) is 4.79 Å². The van der Waals surface area contributed by atoms with Crippen molar-refractivity contribution in [1.29, 1.82) is 0 Å². The number of aromatic nitrogens is 1. The van der Waals surface area contributed by atoms with Gasteiger partial charge in [-0.15, -0.1) is 0 Å². The van der Waals surface area contributed by atoms with Crippen LogP contribution >= 0.6 is 38.5 Å². The molecule has 0 saturated heterocycles. The van der Waals surface area contributed by atoms with Gasteiger partial charge in [-0.3, -0.25) is 0 Å². The maximum absolute atomic E-state index is 10.9. The van der Waals surface area contributed by atoms with Gasteiger partial charge >= 0.3 is 5.97 Å². The summed E-state index contributed by atoms with van der Waals surface area (Å²) in [4.78, 5) is 13.9. The fraction of sp³-hybridized carbons (Fsp3) is 0. The van der Waals surface area contributed by atoms with Gasteiger partial charge in [0.2, 0.25) is 0 Å². The van der Waals surface area contributed by atoms with E-state index in [-0.39, 0.29) is 0 Å². The Bertz CT molecular complexity index is 521. The van der Waals surface area contributed by atoms with Crippen molar-refractivity contribution in [1.82, 2.24) is 4.98 Å². The number of aromatic amines is 1. The lowest BCUT2D eigenvalue weighted by Gasteiger charge is -1.98. The molecule has 0 aliphatic carbocycles. The van der Waals surface area contributed by atoms with Crippen LogP contribution in [0.3, 0.4) is 0 Å². The van der Waals surface area contributed by atoms with Crippen LogP contribution < -0.4 is 0 Å². The number of nitrogens with one attached hydrogen (secondary N) is 1. The Morgan fingerprint density at radius 1 is 1.50 bits per heavy atom. The van der Waals surface area contributed by atoms with Crippen LogP contribution in [0.5, 0.6) is 0 Å². The maximum Gasteiger partial charge on any atom is 0.337 e. The van der Waals surface area contributed by atoms with Crippen LogP contribution in [0.4, 0.5) is 0 Å². The summed E-state index contributed by atoms with van der Waals surface area (Å²) in [6.45, 7) is 0. The smallest absolute Gasteiger partial charge is 0.337 e. The zero-order chi connectivity index (χ0) is 10.3. The summed E-state index contributed by atoms with van der Waals surface area (Å²) in [5.74, 6) is -0.916. The van der Waals surface area contributed by atoms with Crippen LogP contribution in [-0.4, -0.2) is 16.1 Å². The molecule has 0 aliphatic rings. The third-order valence-electron chi connectivity index (χ3n) is 1.94. The minimum atomic E-state index is -0.916. The van der Waals surface area contributed by atoms with Gasteiger partial charge in [-0.1, -0.05) is 15.9 Å². The standard InChI is InChI=1S/C9H5BrINO2/c10-6-2-1-4(9(13)14)8-5(6)3-7(11)12-8/h1-3,12H,(H,13,14). The number of hydrogen-bond acceptors (Lipinski definition) is 1. The number of carboxylic acids is 1. The second-order valence-electron chi connectivity index (χ2n) is 2.81. The maximum atomic E-state index is 10.9. The first-order chi connectivity index (χ1) is 6.59. The monoisotopic (exact) mass is 365 g/mol. The average molecular weight is 366 g/mol. The lowest BCUT2D eigenvalue weighted by atomic mass is 10.1. The van der Waals surface area contributed by atoms with Crippen molar-refractivity contribution < 1.29 is 9.90 Å². The predicted molar refractivity (Wildman–Crippen MR) is 65.7 cm³/mol. The first kappa shape index (κ1) is 9.97. The van der Waals surface area contributed by atoms with E-state index in [2.05, 4.69) is 43.5 Å². The number of aromatic carboxylic acids is 1. The number of fused-ring (bicyclic) bond motifs is 1. The van der Waals surface area contributed by atoms with E-state index in [1.54, 1.807) is 12.1 Å². The van der Waals surface area contributed by atoms with Crippen molar-refractivity contribution in [3.05, 3.63) is 31.9 Å². The number of hydrogen-bond donors (Lipinski definition) is 2. The third kappa shape index (κ3) is 1.54. The molecular formula is C9H5BrINO2. The molecule has 0 spiro atoms. The Morgan fingerprint density at radius 2 is 2.21 bits per heavy atom. The van der Waals surface area contributed by atoms with Crippen LogP contribution in [0.1, 0.15) is 10.4 Å². The molecule has 0 atom stereocenters. The summed E-state index contributed by atoms with van der Waals surface area (Å²) in [6.07, 6.45) is 0. The van der Waals surface area contributed by atoms with E-state index in [1.165, 1.54) is 0 Å². The molecule has 0 unspecified atom stereocenters. The van der Waals surface area contributed by atoms with Crippen LogP contribution in [0.15, 0.2) is 22.7 Å². The first-order valence-electron chi connectivity index (χ1n) is 3.79. The zero-order valence-electron chi connectivity index (χ0n) is 6.84. The second-order valence-corrected chi connectivity index (χ2v) is 4.82. The van der Waals surface area contributed by atoms with Crippen LogP contribution in [0, 0.1) is 3.70 Å². The van der Waals surface area contributed by atoms with Gasteiger partial charge in [-0.05, 0) is 40.8 Å². The highest BCUT2D eigenvalue weighted by atomic mass is 127. The van der Waals surface area contributed by atoms with Crippen LogP contribution in [0.25, 0.3) is 10.9 Å². The van der Waals surface area contributed by atoms with Crippen molar-refractivity contribution in [3.63, 3.8) is 0 Å². The Hall–Kier alpha value is -0.560. The van der Waals surface area contributed by atoms with Gasteiger partial charge in [0, 0.05) is 9.86 Å². The summed E-state index contributed by atoms with van der Waals surface area (Å²) in [6, 6.07) is 5.24. The molecule has 0 saturated carbocycles. The number of carboxylic acid groups (broad SMARTS) is 1. The van der Waals surface area contributed by atoms with Crippen molar-refractivity contribution in [2.45, 2.75) is 0 Å². The van der Waals surface area contributed by atoms with E-state index < -0.39 is 5.97 Å². The molecule has 1 aromatic heterocycles. The molecule has 1 aromatic carbocycles. The Labute approximate surface area is 102 Å². The Kier molecular flexibility index (Phi) is 2.52. The molecule has 0 aliphatic heterocycles. The molecule has 2 rings (SSSR count). The minimum Gasteiger partial charge on any atom is -0.478 e. The van der Waals surface area contributed by atoms with Crippen molar-refractivity contribution in [3.8, 4) is 0 Å². The fourth-order valence-electron chi connectivity index (χ4n) is 1.33. The fourth-order valence-corrected chi connectivity index (χ4v) is 2.36. The molecule has 5 heteroatoms. The third-order valence-corrected chi connectivity index (χ3v) is 3.21. The van der Waals surface area contributed by atoms with Gasteiger partial charge in [0.15, 0.2) is 0 Å². The molecule has 2 N–H and O–H groups in total. The van der Waals surface area contributed by atoms with Gasteiger partial charge in [-0.2, -0.15) is 0 Å². The van der Waals surface area contributed by atoms with Gasteiger partial charge in [0.1, 0.15) is 0 Å². The van der Waals surface area contributed by atoms with Crippen LogP contribution in [-0.2, 0) is 0 Å². The first-order valence-corrected chi connectivity index (χ1v) is 5.67. The number of rotatable bonds is 1. The number of halogens is 2. The van der Waals surface area contributed by atoms with Crippen molar-refractivity contribution >= 4 is 55.4 Å². The summed E-state index contributed by atoms with van der Waals surface area (Å²) >= 11 is 5.50. The largest absolute Gasteiger partial charge is 0.478 e. The summed E-state index contributed by atoms with van der Waals surface area (Å²) in [5, 5.41) is 9.84. The molecule has 0 radical (unpaired) electrons. The molecule has 0 bridgehead atoms. The highest BCUT2D eigenvalue weighted by molar-refractivity contribution is 14.1. The van der Waals surface area contributed by atoms with E-state index in [0.29, 0.717) is 11.1 Å². The van der Waals surface area contributed by atoms with E-state index in [4.69, 9.17) is 5.11 Å². The quantitative estimate of drug-likeness (QED) is 0.762. The molecule has 72 valence electrons. The van der Waals surface area contributed by atoms with Gasteiger partial charge in [0.05, 0.1) is 14.8 Å². The van der Waals surface area contributed by atoms with E-state index in [1.807, 2.05) is 6.07 Å². The number of H-pyrrole nitrogens is 1. The average Bonchev–Trinajstić information content (AvgIpc) is 2.47. The molecule has 3 nitrogen and oxygen atoms in total. The molecule has 0 amide bonds. The lowest BCUT2D eigenvalue weighted by molar-refractivity contribution is 0.0699. The molecule has 0 fully saturated rings. The summed E-state index contributed by atoms with van der Waals surface area (Å²) in [7, 11) is 0. The highest BCUT2D eigenvalue weighted by Crippen LogP contribution is 2.28. The summed E-state index contributed by atoms with van der Waals surface area (Å²) in [5.41, 5.74) is 0.961. The lowest BCUT2D eigenvalue weighted by Crippen LogP contribution is -1.97. The highest BCUT2D eigenvalue weighted by Gasteiger charge is 2.12. The Balaban J connectivity index is 2.87. The molecule has 2 aromatic rings. The SMILES string of the molecule is O=C(O)c1ccc(Br)c2cc(I)[nH]c12. The zero-order valence-corrected chi connectivity index (χ0v) is 10.6. The van der Waals surface area contributed by atoms with Crippen LogP contribution in [0.2, 0.25) is 0 Å². The molecule has 1 heterocycles. The van der Waals surface area contributed by atoms with E-state index >= 15 is 0 Å². The topological polar surface area (TPSA) is 53.1 Å². The Morgan fingerprint density at radius 3 is 2.86 bits per heavy atom. The molecule has 14 heavy (non-hydrogen) atoms. The second kappa shape index (κ2) is 3.54. The van der Waals surface area contributed by atoms with Crippen molar-refractivity contribution in [2.75, 3.05) is 0 Å². The molecular weight excluding hydrogens is 361 g/mol. The summed E-state index contributed by atoms with van der Waals surface area (Å²) < 4.78 is 1.82. The normalized spacial score (nSPS) is 10.7.